The van der Waals surface area contributed by atoms with Gasteiger partial charge in [-0.05, 0) is 67.9 Å². The van der Waals surface area contributed by atoms with Crippen LogP contribution in [-0.2, 0) is 11.2 Å². The van der Waals surface area contributed by atoms with Crippen molar-refractivity contribution in [3.63, 3.8) is 0 Å². The summed E-state index contributed by atoms with van der Waals surface area (Å²) in [5.41, 5.74) is 1.45. The van der Waals surface area contributed by atoms with E-state index in [2.05, 4.69) is 24.0 Å². The van der Waals surface area contributed by atoms with Crippen molar-refractivity contribution in [2.24, 2.45) is 5.92 Å². The Labute approximate surface area is 158 Å². The molecule has 0 bridgehead atoms. The van der Waals surface area contributed by atoms with Gasteiger partial charge in [0.2, 0.25) is 11.9 Å². The largest absolute Gasteiger partial charge is 0.494 e. The molecule has 1 aliphatic carbocycles. The second kappa shape index (κ2) is 9.07. The molecule has 3 nitrogen and oxygen atoms in total. The van der Waals surface area contributed by atoms with Gasteiger partial charge in [-0.3, -0.25) is 4.79 Å². The first-order chi connectivity index (χ1) is 13.1. The molecule has 0 unspecified atom stereocenters. The fourth-order valence-electron chi connectivity index (χ4n) is 3.71. The highest BCUT2D eigenvalue weighted by atomic mass is 19.1. The molecule has 5 heteroatoms. The molecule has 1 heterocycles. The van der Waals surface area contributed by atoms with Gasteiger partial charge < -0.3 is 4.74 Å². The molecule has 1 aliphatic rings. The Hall–Kier alpha value is -2.30. The van der Waals surface area contributed by atoms with Crippen LogP contribution in [0.1, 0.15) is 56.1 Å². The highest BCUT2D eigenvalue weighted by Gasteiger charge is 2.27. The van der Waals surface area contributed by atoms with Gasteiger partial charge in [-0.2, -0.15) is 13.8 Å². The molecule has 1 aromatic heterocycles. The summed E-state index contributed by atoms with van der Waals surface area (Å²) in [6.07, 6.45) is 4.45. The van der Waals surface area contributed by atoms with E-state index in [4.69, 9.17) is 4.74 Å². The molecule has 0 aliphatic heterocycles. The highest BCUT2D eigenvalue weighted by molar-refractivity contribution is 5.83. The molecule has 0 amide bonds. The minimum atomic E-state index is -0.887. The molecular weight excluding hydrogens is 348 g/mol. The summed E-state index contributed by atoms with van der Waals surface area (Å²) in [6, 6.07) is 10.6. The van der Waals surface area contributed by atoms with Crippen LogP contribution in [0, 0.1) is 17.8 Å². The predicted octanol–water partition coefficient (Wildman–Crippen LogP) is 5.23. The van der Waals surface area contributed by atoms with E-state index in [0.717, 1.165) is 50.5 Å². The molecule has 0 spiro atoms. The molecule has 2 aromatic rings. The van der Waals surface area contributed by atoms with Gasteiger partial charge in [0.15, 0.2) is 0 Å². The van der Waals surface area contributed by atoms with Crippen molar-refractivity contribution in [2.75, 3.05) is 6.61 Å². The van der Waals surface area contributed by atoms with Gasteiger partial charge in [-0.15, -0.1) is 0 Å². The van der Waals surface area contributed by atoms with Crippen molar-refractivity contribution in [2.45, 2.75) is 51.4 Å². The van der Waals surface area contributed by atoms with Crippen LogP contribution in [0.4, 0.5) is 8.78 Å². The third kappa shape index (κ3) is 5.12. The quantitative estimate of drug-likeness (QED) is 0.624. The second-order valence-corrected chi connectivity index (χ2v) is 7.19. The van der Waals surface area contributed by atoms with Crippen molar-refractivity contribution in [3.05, 3.63) is 59.4 Å². The highest BCUT2D eigenvalue weighted by Crippen LogP contribution is 2.37. The van der Waals surface area contributed by atoms with E-state index in [0.29, 0.717) is 5.92 Å². The van der Waals surface area contributed by atoms with E-state index >= 15 is 0 Å². The maximum Gasteiger partial charge on any atom is 0.219 e. The molecule has 1 saturated carbocycles. The van der Waals surface area contributed by atoms with E-state index in [1.807, 2.05) is 12.1 Å². The van der Waals surface area contributed by atoms with E-state index in [9.17, 15) is 13.6 Å². The molecule has 0 radical (unpaired) electrons. The zero-order chi connectivity index (χ0) is 19.2. The van der Waals surface area contributed by atoms with Crippen LogP contribution in [0.2, 0.25) is 0 Å². The Morgan fingerprint density at radius 2 is 1.78 bits per heavy atom. The van der Waals surface area contributed by atoms with Crippen LogP contribution < -0.4 is 4.74 Å². The number of rotatable bonds is 7. The summed E-state index contributed by atoms with van der Waals surface area (Å²) in [5.74, 6) is -0.461. The third-order valence-electron chi connectivity index (χ3n) is 5.26. The van der Waals surface area contributed by atoms with E-state index in [1.54, 1.807) is 0 Å². The van der Waals surface area contributed by atoms with Crippen LogP contribution in [0.25, 0.3) is 0 Å². The molecule has 0 N–H and O–H groups in total. The Morgan fingerprint density at radius 1 is 1.07 bits per heavy atom. The number of ketones is 1. The Balaban J connectivity index is 1.52. The zero-order valence-corrected chi connectivity index (χ0v) is 15.6. The van der Waals surface area contributed by atoms with Crippen LogP contribution >= 0.6 is 0 Å². The molecule has 3 rings (SSSR count). The summed E-state index contributed by atoms with van der Waals surface area (Å²) in [6.45, 7) is 2.80. The van der Waals surface area contributed by atoms with Crippen LogP contribution in [0.5, 0.6) is 5.75 Å². The maximum absolute atomic E-state index is 13.7. The molecule has 1 fully saturated rings. The molecular formula is C22H25F2NO2. The summed E-state index contributed by atoms with van der Waals surface area (Å²) in [7, 11) is 0. The van der Waals surface area contributed by atoms with Gasteiger partial charge in [0.05, 0.1) is 6.61 Å². The number of nitrogens with zero attached hydrogens (tertiary/aromatic N) is 1. The normalized spacial score (nSPS) is 19.7. The number of hydrogen-bond acceptors (Lipinski definition) is 3. The Bertz CT molecular complexity index is 768. The lowest BCUT2D eigenvalue weighted by molar-refractivity contribution is -0.123. The standard InChI is InChI=1S/C22H25F2NO2/c1-2-13-27-19-10-7-16(8-11-19)15-3-5-17(6-4-15)20(26)14-18-9-12-21(23)25-22(18)24/h7-12,15,17H,2-6,13-14H2,1H3. The third-order valence-corrected chi connectivity index (χ3v) is 5.26. The number of aromatic nitrogens is 1. The number of pyridine rings is 1. The van der Waals surface area contributed by atoms with E-state index in [-0.39, 0.29) is 23.7 Å². The van der Waals surface area contributed by atoms with E-state index in [1.165, 1.54) is 11.6 Å². The molecule has 27 heavy (non-hydrogen) atoms. The molecule has 0 atom stereocenters. The average molecular weight is 373 g/mol. The van der Waals surface area contributed by atoms with Crippen LogP contribution in [0.3, 0.4) is 0 Å². The molecule has 144 valence electrons. The number of carbonyl (C=O) groups is 1. The van der Waals surface area contributed by atoms with Gasteiger partial charge in [-0.1, -0.05) is 19.1 Å². The smallest absolute Gasteiger partial charge is 0.219 e. The SMILES string of the molecule is CCCOc1ccc(C2CCC(C(=O)Cc3ccc(F)nc3F)CC2)cc1. The monoisotopic (exact) mass is 373 g/mol. The number of halogens is 2. The minimum absolute atomic E-state index is 0.0160. The van der Waals surface area contributed by atoms with Gasteiger partial charge in [0, 0.05) is 17.9 Å². The number of Topliss-reactive ketones (excluding diaryl/α,β-unsaturated/α-hetero) is 1. The minimum Gasteiger partial charge on any atom is -0.494 e. The summed E-state index contributed by atoms with van der Waals surface area (Å²) in [5, 5.41) is 0. The van der Waals surface area contributed by atoms with Crippen LogP contribution in [0.15, 0.2) is 36.4 Å². The lowest BCUT2D eigenvalue weighted by Crippen LogP contribution is -2.23. The number of carbonyl (C=O) groups excluding carboxylic acids is 1. The topological polar surface area (TPSA) is 39.2 Å². The lowest BCUT2D eigenvalue weighted by Gasteiger charge is -2.28. The first-order valence-corrected chi connectivity index (χ1v) is 9.63. The van der Waals surface area contributed by atoms with Gasteiger partial charge in [-0.25, -0.2) is 0 Å². The van der Waals surface area contributed by atoms with E-state index < -0.39 is 11.9 Å². The summed E-state index contributed by atoms with van der Waals surface area (Å²) in [4.78, 5) is 15.6. The van der Waals surface area contributed by atoms with Gasteiger partial charge in [0.25, 0.3) is 0 Å². The Kier molecular flexibility index (Phi) is 6.54. The van der Waals surface area contributed by atoms with Crippen molar-refractivity contribution in [3.8, 4) is 5.75 Å². The number of benzene rings is 1. The van der Waals surface area contributed by atoms with Crippen molar-refractivity contribution in [1.82, 2.24) is 4.98 Å². The number of hydrogen-bond donors (Lipinski definition) is 0. The molecule has 1 aromatic carbocycles. The van der Waals surface area contributed by atoms with Crippen molar-refractivity contribution >= 4 is 5.78 Å². The zero-order valence-electron chi connectivity index (χ0n) is 15.6. The first kappa shape index (κ1) is 19.5. The maximum atomic E-state index is 13.7. The van der Waals surface area contributed by atoms with Crippen molar-refractivity contribution < 1.29 is 18.3 Å². The predicted molar refractivity (Wildman–Crippen MR) is 99.8 cm³/mol. The van der Waals surface area contributed by atoms with Crippen molar-refractivity contribution in [1.29, 1.82) is 0 Å². The van der Waals surface area contributed by atoms with Gasteiger partial charge in [0.1, 0.15) is 11.5 Å². The molecule has 0 saturated heterocycles. The fraction of sp³-hybridized carbons (Fsp3) is 0.455. The summed E-state index contributed by atoms with van der Waals surface area (Å²) >= 11 is 0. The second-order valence-electron chi connectivity index (χ2n) is 7.19. The van der Waals surface area contributed by atoms with Gasteiger partial charge >= 0.3 is 0 Å². The van der Waals surface area contributed by atoms with Crippen LogP contribution in [-0.4, -0.2) is 17.4 Å². The summed E-state index contributed by atoms with van der Waals surface area (Å²) < 4.78 is 32.2. The lowest BCUT2D eigenvalue weighted by atomic mass is 9.76. The first-order valence-electron chi connectivity index (χ1n) is 9.63. The Morgan fingerprint density at radius 3 is 2.41 bits per heavy atom. The number of ether oxygens (including phenoxy) is 1. The average Bonchev–Trinajstić information content (AvgIpc) is 2.69. The fourth-order valence-corrected chi connectivity index (χ4v) is 3.71.